The van der Waals surface area contributed by atoms with E-state index >= 15 is 0 Å². The first-order valence-corrected chi connectivity index (χ1v) is 14.4. The fourth-order valence-corrected chi connectivity index (χ4v) is 7.61. The van der Waals surface area contributed by atoms with Crippen molar-refractivity contribution in [3.05, 3.63) is 59.7 Å². The number of carbonyl (C=O) groups is 4. The van der Waals surface area contributed by atoms with Crippen LogP contribution in [0.25, 0.3) is 0 Å². The SMILES string of the molecule is CC1(C)C2(C(=O)Nc3ccc(Cc4ccc(NC(=O)C56CC[C@](C)(C(=O)O5)C6(C)C)cc4)cc3)CC[C@@]1(C)C(=O)O2. The van der Waals surface area contributed by atoms with Crippen LogP contribution in [0.3, 0.4) is 0 Å². The molecule has 0 radical (unpaired) electrons. The van der Waals surface area contributed by atoms with Crippen LogP contribution in [0.5, 0.6) is 0 Å². The lowest BCUT2D eigenvalue weighted by Gasteiger charge is -2.35. The Morgan fingerprint density at radius 1 is 0.610 bits per heavy atom. The van der Waals surface area contributed by atoms with Gasteiger partial charge in [0, 0.05) is 22.2 Å². The quantitative estimate of drug-likeness (QED) is 0.460. The van der Waals surface area contributed by atoms with Gasteiger partial charge in [0.15, 0.2) is 11.2 Å². The number of fused-ring (bicyclic) bond motifs is 4. The molecule has 41 heavy (non-hydrogen) atoms. The first-order valence-electron chi connectivity index (χ1n) is 14.4. The number of amides is 2. The van der Waals surface area contributed by atoms with E-state index in [1.54, 1.807) is 0 Å². The Labute approximate surface area is 240 Å². The minimum Gasteiger partial charge on any atom is -0.448 e. The van der Waals surface area contributed by atoms with Gasteiger partial charge in [-0.05, 0) is 81.3 Å². The number of hydrogen-bond acceptors (Lipinski definition) is 6. The molecule has 0 aromatic heterocycles. The normalized spacial score (nSPS) is 33.8. The van der Waals surface area contributed by atoms with Gasteiger partial charge in [0.25, 0.3) is 11.8 Å². The maximum absolute atomic E-state index is 13.3. The largest absolute Gasteiger partial charge is 0.448 e. The Bertz CT molecular complexity index is 1370. The first kappa shape index (κ1) is 27.5. The van der Waals surface area contributed by atoms with E-state index in [0.717, 1.165) is 11.1 Å². The smallest absolute Gasteiger partial charge is 0.313 e. The van der Waals surface area contributed by atoms with Crippen molar-refractivity contribution in [1.82, 2.24) is 0 Å². The molecule has 4 fully saturated rings. The lowest BCUT2D eigenvalue weighted by Crippen LogP contribution is -2.50. The number of benzene rings is 2. The lowest BCUT2D eigenvalue weighted by molar-refractivity contribution is -0.166. The maximum atomic E-state index is 13.3. The molecule has 4 atom stereocenters. The minimum atomic E-state index is -1.15. The molecule has 2 unspecified atom stereocenters. The van der Waals surface area contributed by atoms with Crippen molar-refractivity contribution >= 4 is 35.1 Å². The molecule has 2 saturated heterocycles. The molecule has 2 aliphatic heterocycles. The molecular formula is C33H38N2O6. The van der Waals surface area contributed by atoms with Gasteiger partial charge in [-0.25, -0.2) is 0 Å². The first-order chi connectivity index (χ1) is 19.1. The summed E-state index contributed by atoms with van der Waals surface area (Å²) >= 11 is 0. The Kier molecular flexibility index (Phi) is 5.65. The zero-order valence-electron chi connectivity index (χ0n) is 24.6. The summed E-state index contributed by atoms with van der Waals surface area (Å²) in [5.41, 5.74) is -1.38. The fraction of sp³-hybridized carbons (Fsp3) is 0.515. The van der Waals surface area contributed by atoms with E-state index in [-0.39, 0.29) is 23.8 Å². The van der Waals surface area contributed by atoms with E-state index < -0.39 is 32.9 Å². The molecule has 216 valence electrons. The molecule has 2 aliphatic carbocycles. The second kappa shape index (κ2) is 8.43. The van der Waals surface area contributed by atoms with Crippen LogP contribution in [0, 0.1) is 21.7 Å². The number of nitrogens with one attached hydrogen (secondary N) is 2. The predicted molar refractivity (Wildman–Crippen MR) is 153 cm³/mol. The molecule has 6 rings (SSSR count). The maximum Gasteiger partial charge on any atom is 0.313 e. The highest BCUT2D eigenvalue weighted by molar-refractivity contribution is 6.04. The van der Waals surface area contributed by atoms with Crippen LogP contribution in [0.15, 0.2) is 48.5 Å². The highest BCUT2D eigenvalue weighted by atomic mass is 16.6. The van der Waals surface area contributed by atoms with Gasteiger partial charge in [0.1, 0.15) is 0 Å². The molecule has 4 aliphatic rings. The van der Waals surface area contributed by atoms with Crippen molar-refractivity contribution in [2.24, 2.45) is 21.7 Å². The summed E-state index contributed by atoms with van der Waals surface area (Å²) in [5, 5.41) is 5.94. The monoisotopic (exact) mass is 558 g/mol. The zero-order chi connectivity index (χ0) is 29.6. The van der Waals surface area contributed by atoms with Gasteiger partial charge in [0.2, 0.25) is 0 Å². The lowest BCUT2D eigenvalue weighted by atomic mass is 9.66. The number of ether oxygens (including phenoxy) is 2. The number of rotatable bonds is 6. The van der Waals surface area contributed by atoms with E-state index in [4.69, 9.17) is 9.47 Å². The van der Waals surface area contributed by atoms with Crippen molar-refractivity contribution in [2.75, 3.05) is 10.6 Å². The van der Waals surface area contributed by atoms with Gasteiger partial charge < -0.3 is 20.1 Å². The topological polar surface area (TPSA) is 111 Å². The highest BCUT2D eigenvalue weighted by Crippen LogP contribution is 2.66. The standard InChI is InChI=1S/C33H38N2O6/c1-28(2)30(5)15-17-32(28,40-26(30)38)24(36)34-22-11-7-20(8-12-22)19-21-9-13-23(14-10-21)35-25(37)33-18-16-31(6,27(39)41-33)29(33,3)4/h7-14H,15-19H2,1-6H3,(H,34,36)(H,35,37)/t30-,31+,32?,33?. The third kappa shape index (κ3) is 3.39. The van der Waals surface area contributed by atoms with Gasteiger partial charge >= 0.3 is 11.9 Å². The van der Waals surface area contributed by atoms with Crippen LogP contribution in [-0.4, -0.2) is 35.0 Å². The summed E-state index contributed by atoms with van der Waals surface area (Å²) in [6.45, 7) is 11.6. The van der Waals surface area contributed by atoms with E-state index in [2.05, 4.69) is 10.6 Å². The molecule has 2 heterocycles. The molecule has 8 nitrogen and oxygen atoms in total. The predicted octanol–water partition coefficient (Wildman–Crippen LogP) is 5.40. The van der Waals surface area contributed by atoms with Crippen molar-refractivity contribution in [3.8, 4) is 0 Å². The van der Waals surface area contributed by atoms with Crippen molar-refractivity contribution in [1.29, 1.82) is 0 Å². The van der Waals surface area contributed by atoms with Gasteiger partial charge in [-0.2, -0.15) is 0 Å². The summed E-state index contributed by atoms with van der Waals surface area (Å²) in [6, 6.07) is 15.3. The highest BCUT2D eigenvalue weighted by Gasteiger charge is 2.76. The fourth-order valence-electron chi connectivity index (χ4n) is 7.61. The molecular weight excluding hydrogens is 520 g/mol. The average molecular weight is 559 g/mol. The third-order valence-corrected chi connectivity index (χ3v) is 11.7. The number of hydrogen-bond donors (Lipinski definition) is 2. The minimum absolute atomic E-state index is 0.278. The Balaban J connectivity index is 1.08. The molecule has 8 heteroatoms. The van der Waals surface area contributed by atoms with Crippen LogP contribution in [-0.2, 0) is 35.1 Å². The second-order valence-electron chi connectivity index (χ2n) is 13.8. The molecule has 2 aromatic carbocycles. The zero-order valence-corrected chi connectivity index (χ0v) is 24.6. The van der Waals surface area contributed by atoms with Crippen LogP contribution >= 0.6 is 0 Å². The van der Waals surface area contributed by atoms with E-state index in [9.17, 15) is 19.2 Å². The van der Waals surface area contributed by atoms with Gasteiger partial charge in [-0.15, -0.1) is 0 Å². The number of esters is 2. The summed E-state index contributed by atoms with van der Waals surface area (Å²) in [6.07, 6.45) is 2.99. The third-order valence-electron chi connectivity index (χ3n) is 11.7. The molecule has 2 N–H and O–H groups in total. The van der Waals surface area contributed by atoms with Crippen LogP contribution < -0.4 is 10.6 Å². The van der Waals surface area contributed by atoms with Gasteiger partial charge in [-0.3, -0.25) is 19.2 Å². The van der Waals surface area contributed by atoms with Crippen molar-refractivity contribution in [3.63, 3.8) is 0 Å². The molecule has 2 amide bonds. The number of anilines is 2. The molecule has 4 bridgehead atoms. The molecule has 0 spiro atoms. The average Bonchev–Trinajstić information content (AvgIpc) is 3.39. The van der Waals surface area contributed by atoms with Crippen molar-refractivity contribution < 1.29 is 28.7 Å². The van der Waals surface area contributed by atoms with Crippen molar-refractivity contribution in [2.45, 2.75) is 84.8 Å². The Hall–Kier alpha value is -3.68. The summed E-state index contributed by atoms with van der Waals surface area (Å²) in [7, 11) is 0. The van der Waals surface area contributed by atoms with E-state index in [1.165, 1.54) is 0 Å². The van der Waals surface area contributed by atoms with Gasteiger partial charge in [-0.1, -0.05) is 52.0 Å². The second-order valence-corrected chi connectivity index (χ2v) is 13.8. The van der Waals surface area contributed by atoms with E-state index in [0.29, 0.717) is 43.5 Å². The van der Waals surface area contributed by atoms with E-state index in [1.807, 2.05) is 90.1 Å². The van der Waals surface area contributed by atoms with Crippen LogP contribution in [0.2, 0.25) is 0 Å². The summed E-state index contributed by atoms with van der Waals surface area (Å²) in [4.78, 5) is 51.7. The van der Waals surface area contributed by atoms with Crippen LogP contribution in [0.1, 0.15) is 78.4 Å². The number of carbonyl (C=O) groups excluding carboxylic acids is 4. The molecule has 2 aromatic rings. The van der Waals surface area contributed by atoms with Gasteiger partial charge in [0.05, 0.1) is 10.8 Å². The van der Waals surface area contributed by atoms with Crippen LogP contribution in [0.4, 0.5) is 11.4 Å². The summed E-state index contributed by atoms with van der Waals surface area (Å²) in [5.74, 6) is -1.14. The Morgan fingerprint density at radius 3 is 1.22 bits per heavy atom. The Morgan fingerprint density at radius 2 is 0.951 bits per heavy atom. The summed E-state index contributed by atoms with van der Waals surface area (Å²) < 4.78 is 11.4. The molecule has 2 saturated carbocycles.